The Morgan fingerprint density at radius 3 is 2.65 bits per heavy atom. The second kappa shape index (κ2) is 4.52. The molecule has 0 bridgehead atoms. The molecule has 3 rings (SSSR count). The minimum Gasteiger partial charge on any atom is -0.370 e. The molecule has 0 spiro atoms. The van der Waals surface area contributed by atoms with Gasteiger partial charge in [-0.2, -0.15) is 4.99 Å². The van der Waals surface area contributed by atoms with Crippen LogP contribution in [0.3, 0.4) is 0 Å². The number of carbonyl (C=O) groups is 1. The second-order valence-electron chi connectivity index (χ2n) is 4.98. The molecule has 0 aromatic heterocycles. The fourth-order valence-corrected chi connectivity index (χ4v) is 2.42. The molecule has 1 aliphatic carbocycles. The number of benzene rings is 1. The predicted octanol–water partition coefficient (Wildman–Crippen LogP) is 0.0244. The van der Waals surface area contributed by atoms with Crippen LogP contribution in [0.25, 0.3) is 0 Å². The normalized spacial score (nSPS) is 18.1. The minimum atomic E-state index is -0.162. The van der Waals surface area contributed by atoms with Crippen molar-refractivity contribution >= 4 is 23.5 Å². The highest BCUT2D eigenvalue weighted by molar-refractivity contribution is 6.04. The molecular formula is C13H16N6O. The summed E-state index contributed by atoms with van der Waals surface area (Å²) in [4.78, 5) is 22.1. The number of fused-ring (bicyclic) bond motifs is 1. The maximum Gasteiger partial charge on any atom is 0.256 e. The molecule has 7 heteroatoms. The van der Waals surface area contributed by atoms with Gasteiger partial charge in [-0.05, 0) is 24.5 Å². The Morgan fingerprint density at radius 2 is 2.00 bits per heavy atom. The van der Waals surface area contributed by atoms with E-state index in [4.69, 9.17) is 17.2 Å². The minimum absolute atomic E-state index is 0.0133. The zero-order valence-corrected chi connectivity index (χ0v) is 10.9. The zero-order valence-electron chi connectivity index (χ0n) is 10.9. The molecule has 1 aromatic rings. The van der Waals surface area contributed by atoms with E-state index >= 15 is 0 Å². The molecule has 20 heavy (non-hydrogen) atoms. The molecule has 2 aliphatic rings. The Bertz CT molecular complexity index is 628. The average molecular weight is 272 g/mol. The summed E-state index contributed by atoms with van der Waals surface area (Å²) in [6.07, 6.45) is 2.16. The molecule has 0 radical (unpaired) electrons. The van der Waals surface area contributed by atoms with E-state index in [1.54, 1.807) is 6.07 Å². The lowest BCUT2D eigenvalue weighted by Crippen LogP contribution is -2.26. The van der Waals surface area contributed by atoms with E-state index in [1.165, 1.54) is 0 Å². The molecule has 1 saturated carbocycles. The number of amides is 1. The van der Waals surface area contributed by atoms with Gasteiger partial charge in [-0.1, -0.05) is 12.1 Å². The van der Waals surface area contributed by atoms with Gasteiger partial charge in [-0.15, -0.1) is 0 Å². The zero-order chi connectivity index (χ0) is 14.3. The number of guanidine groups is 2. The van der Waals surface area contributed by atoms with E-state index in [0.717, 1.165) is 18.4 Å². The lowest BCUT2D eigenvalue weighted by molar-refractivity contribution is 0.0767. The van der Waals surface area contributed by atoms with Crippen LogP contribution < -0.4 is 17.2 Å². The average Bonchev–Trinajstić information content (AvgIpc) is 3.14. The van der Waals surface area contributed by atoms with Crippen LogP contribution in [0.15, 0.2) is 28.2 Å². The first-order valence-corrected chi connectivity index (χ1v) is 6.43. The highest BCUT2D eigenvalue weighted by Gasteiger charge is 2.39. The molecule has 1 aromatic carbocycles. The molecule has 6 N–H and O–H groups in total. The van der Waals surface area contributed by atoms with Crippen LogP contribution in [-0.2, 0) is 6.54 Å². The molecule has 1 fully saturated rings. The van der Waals surface area contributed by atoms with Gasteiger partial charge >= 0.3 is 0 Å². The topological polar surface area (TPSA) is 123 Å². The Morgan fingerprint density at radius 1 is 1.25 bits per heavy atom. The smallest absolute Gasteiger partial charge is 0.256 e. The third kappa shape index (κ3) is 2.18. The third-order valence-corrected chi connectivity index (χ3v) is 3.41. The Hall–Kier alpha value is -2.57. The van der Waals surface area contributed by atoms with Crippen molar-refractivity contribution < 1.29 is 4.79 Å². The number of aliphatic imine (C=N–C) groups is 2. The van der Waals surface area contributed by atoms with Crippen molar-refractivity contribution in [3.8, 4) is 0 Å². The van der Waals surface area contributed by atoms with Crippen LogP contribution in [0.4, 0.5) is 5.69 Å². The van der Waals surface area contributed by atoms with Crippen LogP contribution in [0.2, 0.25) is 0 Å². The van der Waals surface area contributed by atoms with Gasteiger partial charge < -0.3 is 22.1 Å². The first-order chi connectivity index (χ1) is 9.56. The maximum atomic E-state index is 12.4. The molecule has 0 saturated heterocycles. The van der Waals surface area contributed by atoms with Crippen LogP contribution in [0, 0.1) is 0 Å². The molecule has 1 aliphatic heterocycles. The van der Waals surface area contributed by atoms with Crippen molar-refractivity contribution in [1.29, 1.82) is 0 Å². The lowest BCUT2D eigenvalue weighted by Gasteiger charge is -2.13. The monoisotopic (exact) mass is 272 g/mol. The van der Waals surface area contributed by atoms with Crippen LogP contribution in [0.5, 0.6) is 0 Å². The van der Waals surface area contributed by atoms with Crippen molar-refractivity contribution in [3.05, 3.63) is 29.3 Å². The summed E-state index contributed by atoms with van der Waals surface area (Å²) in [6, 6.07) is 5.90. The van der Waals surface area contributed by atoms with Crippen LogP contribution in [-0.4, -0.2) is 28.8 Å². The van der Waals surface area contributed by atoms with E-state index in [9.17, 15) is 4.79 Å². The number of hydrogen-bond donors (Lipinski definition) is 3. The molecule has 0 unspecified atom stereocenters. The summed E-state index contributed by atoms with van der Waals surface area (Å²) in [5.74, 6) is -0.208. The van der Waals surface area contributed by atoms with Gasteiger partial charge in [0.2, 0.25) is 5.96 Å². The molecule has 7 nitrogen and oxygen atoms in total. The first kappa shape index (κ1) is 12.5. The standard InChI is InChI=1S/C13H16N6O/c14-12(15)18-13(16)17-9-3-1-2-7-6-19(8-4-5-8)11(20)10(7)9/h1-3,8H,4-6H2,(H6,14,15,16,17,18). The molecule has 1 heterocycles. The van der Waals surface area contributed by atoms with Gasteiger partial charge in [0.25, 0.3) is 5.91 Å². The second-order valence-corrected chi connectivity index (χ2v) is 4.98. The molecule has 104 valence electrons. The number of nitrogens with two attached hydrogens (primary N) is 3. The summed E-state index contributed by atoms with van der Waals surface area (Å²) >= 11 is 0. The Kier molecular flexibility index (Phi) is 2.81. The number of carbonyl (C=O) groups excluding carboxylic acids is 1. The summed E-state index contributed by atoms with van der Waals surface area (Å²) < 4.78 is 0. The van der Waals surface area contributed by atoms with Crippen molar-refractivity contribution in [3.63, 3.8) is 0 Å². The van der Waals surface area contributed by atoms with E-state index in [1.807, 2.05) is 17.0 Å². The number of rotatable bonds is 2. The highest BCUT2D eigenvalue weighted by Crippen LogP contribution is 2.37. The Balaban J connectivity index is 1.98. The summed E-state index contributed by atoms with van der Waals surface area (Å²) in [5.41, 5.74) is 18.2. The molecular weight excluding hydrogens is 256 g/mol. The third-order valence-electron chi connectivity index (χ3n) is 3.41. The van der Waals surface area contributed by atoms with Crippen LogP contribution >= 0.6 is 0 Å². The van der Waals surface area contributed by atoms with Crippen molar-refractivity contribution in [2.45, 2.75) is 25.4 Å². The fraction of sp³-hybridized carbons (Fsp3) is 0.308. The Labute approximate surface area is 116 Å². The van der Waals surface area contributed by atoms with Gasteiger partial charge in [0.05, 0.1) is 11.3 Å². The van der Waals surface area contributed by atoms with Gasteiger partial charge in [0, 0.05) is 12.6 Å². The summed E-state index contributed by atoms with van der Waals surface area (Å²) in [7, 11) is 0. The van der Waals surface area contributed by atoms with Crippen molar-refractivity contribution in [1.82, 2.24) is 4.90 Å². The van der Waals surface area contributed by atoms with E-state index in [0.29, 0.717) is 23.8 Å². The van der Waals surface area contributed by atoms with Gasteiger partial charge in [-0.3, -0.25) is 4.79 Å². The predicted molar refractivity (Wildman–Crippen MR) is 76.4 cm³/mol. The quantitative estimate of drug-likeness (QED) is 0.519. The molecule has 1 amide bonds. The van der Waals surface area contributed by atoms with Gasteiger partial charge in [0.1, 0.15) is 0 Å². The van der Waals surface area contributed by atoms with Crippen molar-refractivity contribution in [2.24, 2.45) is 27.2 Å². The van der Waals surface area contributed by atoms with E-state index in [-0.39, 0.29) is 17.8 Å². The fourth-order valence-electron chi connectivity index (χ4n) is 2.42. The van der Waals surface area contributed by atoms with Gasteiger partial charge in [-0.25, -0.2) is 4.99 Å². The largest absolute Gasteiger partial charge is 0.370 e. The first-order valence-electron chi connectivity index (χ1n) is 6.43. The van der Waals surface area contributed by atoms with Crippen molar-refractivity contribution in [2.75, 3.05) is 0 Å². The molecule has 0 atom stereocenters. The van der Waals surface area contributed by atoms with E-state index < -0.39 is 0 Å². The van der Waals surface area contributed by atoms with E-state index in [2.05, 4.69) is 9.98 Å². The maximum absolute atomic E-state index is 12.4. The van der Waals surface area contributed by atoms with Gasteiger partial charge in [0.15, 0.2) is 5.96 Å². The number of hydrogen-bond acceptors (Lipinski definition) is 2. The summed E-state index contributed by atoms with van der Waals surface area (Å²) in [6.45, 7) is 0.643. The lowest BCUT2D eigenvalue weighted by atomic mass is 10.1. The highest BCUT2D eigenvalue weighted by atomic mass is 16.2. The SMILES string of the molecule is NC(N)=NC(N)=Nc1cccc2c1C(=O)N(C1CC1)C2. The van der Waals surface area contributed by atoms with Crippen LogP contribution in [0.1, 0.15) is 28.8 Å². The summed E-state index contributed by atoms with van der Waals surface area (Å²) in [5, 5.41) is 0. The number of nitrogens with zero attached hydrogens (tertiary/aromatic N) is 3.